The molecule has 1 aromatic carbocycles. The second-order valence-corrected chi connectivity index (χ2v) is 7.35. The van der Waals surface area contributed by atoms with E-state index in [1.165, 1.54) is 32.3 Å². The molecule has 0 aliphatic rings. The number of hydrogen-bond donors (Lipinski definition) is 1. The fraction of sp³-hybridized carbons (Fsp3) is 0.267. The van der Waals surface area contributed by atoms with E-state index in [1.807, 2.05) is 0 Å². The van der Waals surface area contributed by atoms with Gasteiger partial charge in [-0.25, -0.2) is 12.7 Å². The number of nitrogens with one attached hydrogen (secondary N) is 1. The van der Waals surface area contributed by atoms with Crippen LogP contribution in [0.3, 0.4) is 0 Å². The molecule has 2 aromatic rings. The molecule has 0 unspecified atom stereocenters. The smallest absolute Gasteiger partial charge is 0.433 e. The monoisotopic (exact) mass is 383 g/mol. The minimum absolute atomic E-state index is 0.118. The SMILES string of the molecule is CCOc1ccc(NC(=O)c2ccc([N+](=O)[O-])o2)cc1S(=O)(=O)N(C)C. The summed E-state index contributed by atoms with van der Waals surface area (Å²) in [7, 11) is -1.07. The molecule has 1 heterocycles. The third-order valence-electron chi connectivity index (χ3n) is 3.26. The molecule has 1 amide bonds. The zero-order valence-electron chi connectivity index (χ0n) is 14.3. The quantitative estimate of drug-likeness (QED) is 0.572. The van der Waals surface area contributed by atoms with Gasteiger partial charge >= 0.3 is 5.88 Å². The Morgan fingerprint density at radius 3 is 2.54 bits per heavy atom. The van der Waals surface area contributed by atoms with Crippen molar-refractivity contribution in [2.24, 2.45) is 0 Å². The Hall–Kier alpha value is -2.92. The van der Waals surface area contributed by atoms with Gasteiger partial charge in [-0.2, -0.15) is 0 Å². The van der Waals surface area contributed by atoms with Crippen LogP contribution < -0.4 is 10.1 Å². The Morgan fingerprint density at radius 2 is 2.00 bits per heavy atom. The van der Waals surface area contributed by atoms with Crippen molar-refractivity contribution in [3.8, 4) is 5.75 Å². The zero-order valence-corrected chi connectivity index (χ0v) is 15.1. The molecule has 0 atom stereocenters. The Labute approximate surface area is 149 Å². The van der Waals surface area contributed by atoms with Crippen molar-refractivity contribution in [2.45, 2.75) is 11.8 Å². The number of furan rings is 1. The first-order valence-corrected chi connectivity index (χ1v) is 8.85. The highest BCUT2D eigenvalue weighted by Gasteiger charge is 2.24. The molecule has 10 nitrogen and oxygen atoms in total. The normalized spacial score (nSPS) is 11.4. The lowest BCUT2D eigenvalue weighted by molar-refractivity contribution is -0.402. The average molecular weight is 383 g/mol. The van der Waals surface area contributed by atoms with Gasteiger partial charge in [0, 0.05) is 19.8 Å². The van der Waals surface area contributed by atoms with Crippen LogP contribution >= 0.6 is 0 Å². The van der Waals surface area contributed by atoms with E-state index >= 15 is 0 Å². The Morgan fingerprint density at radius 1 is 1.31 bits per heavy atom. The Kier molecular flexibility index (Phi) is 5.63. The molecule has 2 rings (SSSR count). The molecule has 0 aliphatic heterocycles. The number of rotatable bonds is 7. The summed E-state index contributed by atoms with van der Waals surface area (Å²) in [6, 6.07) is 6.32. The van der Waals surface area contributed by atoms with Gasteiger partial charge in [0.05, 0.1) is 12.7 Å². The highest BCUT2D eigenvalue weighted by atomic mass is 32.2. The van der Waals surface area contributed by atoms with E-state index in [9.17, 15) is 23.3 Å². The molecule has 1 N–H and O–H groups in total. The van der Waals surface area contributed by atoms with E-state index < -0.39 is 26.7 Å². The van der Waals surface area contributed by atoms with Crippen molar-refractivity contribution in [3.05, 3.63) is 46.2 Å². The predicted molar refractivity (Wildman–Crippen MR) is 91.8 cm³/mol. The van der Waals surface area contributed by atoms with Crippen LogP contribution in [-0.4, -0.2) is 44.3 Å². The van der Waals surface area contributed by atoms with Gasteiger partial charge < -0.3 is 14.5 Å². The molecular formula is C15H17N3O7S. The number of amides is 1. The molecule has 26 heavy (non-hydrogen) atoms. The zero-order chi connectivity index (χ0) is 19.5. The van der Waals surface area contributed by atoms with Gasteiger partial charge in [-0.3, -0.25) is 14.9 Å². The van der Waals surface area contributed by atoms with Gasteiger partial charge in [0.25, 0.3) is 5.91 Å². The van der Waals surface area contributed by atoms with Crippen LogP contribution in [-0.2, 0) is 10.0 Å². The number of anilines is 1. The second kappa shape index (κ2) is 7.54. The minimum atomic E-state index is -3.82. The van der Waals surface area contributed by atoms with E-state index in [2.05, 4.69) is 5.32 Å². The van der Waals surface area contributed by atoms with Crippen LogP contribution in [0.15, 0.2) is 39.6 Å². The number of benzene rings is 1. The van der Waals surface area contributed by atoms with E-state index in [0.717, 1.165) is 16.4 Å². The first-order valence-electron chi connectivity index (χ1n) is 7.41. The molecule has 1 aromatic heterocycles. The lowest BCUT2D eigenvalue weighted by atomic mass is 10.3. The van der Waals surface area contributed by atoms with E-state index in [0.29, 0.717) is 0 Å². The van der Waals surface area contributed by atoms with Crippen LogP contribution in [0.5, 0.6) is 5.75 Å². The van der Waals surface area contributed by atoms with Gasteiger partial charge in [0.2, 0.25) is 10.0 Å². The Balaban J connectivity index is 2.35. The molecule has 0 radical (unpaired) electrons. The maximum Gasteiger partial charge on any atom is 0.433 e. The van der Waals surface area contributed by atoms with Crippen molar-refractivity contribution in [2.75, 3.05) is 26.0 Å². The molecule has 0 aliphatic carbocycles. The van der Waals surface area contributed by atoms with Crippen LogP contribution in [0, 0.1) is 10.1 Å². The van der Waals surface area contributed by atoms with Gasteiger partial charge in [0.15, 0.2) is 5.76 Å². The maximum atomic E-state index is 12.5. The molecule has 0 saturated carbocycles. The summed E-state index contributed by atoms with van der Waals surface area (Å²) in [6.07, 6.45) is 0. The van der Waals surface area contributed by atoms with E-state index in [4.69, 9.17) is 9.15 Å². The Bertz CT molecular complexity index is 934. The third-order valence-corrected chi connectivity index (χ3v) is 5.09. The van der Waals surface area contributed by atoms with Crippen LogP contribution in [0.1, 0.15) is 17.5 Å². The summed E-state index contributed by atoms with van der Waals surface area (Å²) in [5.41, 5.74) is 0.165. The topological polar surface area (TPSA) is 132 Å². The average Bonchev–Trinajstić information content (AvgIpc) is 3.06. The van der Waals surface area contributed by atoms with Crippen molar-refractivity contribution < 1.29 is 27.3 Å². The number of nitrogens with zero attached hydrogens (tertiary/aromatic N) is 2. The molecule has 0 fully saturated rings. The molecule has 140 valence electrons. The largest absolute Gasteiger partial charge is 0.492 e. The summed E-state index contributed by atoms with van der Waals surface area (Å²) >= 11 is 0. The maximum absolute atomic E-state index is 12.5. The van der Waals surface area contributed by atoms with Crippen molar-refractivity contribution in [1.82, 2.24) is 4.31 Å². The lowest BCUT2D eigenvalue weighted by Crippen LogP contribution is -2.23. The summed E-state index contributed by atoms with van der Waals surface area (Å²) in [4.78, 5) is 21.9. The number of carbonyl (C=O) groups is 1. The first kappa shape index (κ1) is 19.4. The molecular weight excluding hydrogens is 366 g/mol. The van der Waals surface area contributed by atoms with Crippen molar-refractivity contribution in [1.29, 1.82) is 0 Å². The van der Waals surface area contributed by atoms with Crippen molar-refractivity contribution in [3.63, 3.8) is 0 Å². The van der Waals surface area contributed by atoms with Crippen molar-refractivity contribution >= 4 is 27.5 Å². The molecule has 11 heteroatoms. The summed E-state index contributed by atoms with van der Waals surface area (Å²) in [6.45, 7) is 1.98. The van der Waals surface area contributed by atoms with Gasteiger partial charge in [-0.15, -0.1) is 0 Å². The van der Waals surface area contributed by atoms with Crippen LogP contribution in [0.2, 0.25) is 0 Å². The number of sulfonamides is 1. The van der Waals surface area contributed by atoms with Gasteiger partial charge in [0.1, 0.15) is 15.6 Å². The second-order valence-electron chi connectivity index (χ2n) is 5.23. The highest BCUT2D eigenvalue weighted by Crippen LogP contribution is 2.29. The lowest BCUT2D eigenvalue weighted by Gasteiger charge is -2.16. The molecule has 0 spiro atoms. The fourth-order valence-electron chi connectivity index (χ4n) is 2.00. The van der Waals surface area contributed by atoms with Crippen LogP contribution in [0.4, 0.5) is 11.6 Å². The van der Waals surface area contributed by atoms with E-state index in [-0.39, 0.29) is 28.7 Å². The van der Waals surface area contributed by atoms with Gasteiger partial charge in [-0.1, -0.05) is 0 Å². The summed E-state index contributed by atoms with van der Waals surface area (Å²) in [5, 5.41) is 13.0. The van der Waals surface area contributed by atoms with Gasteiger partial charge in [-0.05, 0) is 31.2 Å². The highest BCUT2D eigenvalue weighted by molar-refractivity contribution is 7.89. The number of carbonyl (C=O) groups excluding carboxylic acids is 1. The standard InChI is InChI=1S/C15H17N3O7S/c1-4-24-11-6-5-10(9-13(11)26(22,23)17(2)3)16-15(19)12-7-8-14(25-12)18(20)21/h5-9H,4H2,1-3H3,(H,16,19). The summed E-state index contributed by atoms with van der Waals surface area (Å²) < 4.78 is 36.1. The fourth-order valence-corrected chi connectivity index (χ4v) is 3.05. The molecule has 0 saturated heterocycles. The third kappa shape index (κ3) is 4.00. The number of nitro groups is 1. The number of hydrogen-bond acceptors (Lipinski definition) is 7. The minimum Gasteiger partial charge on any atom is -0.492 e. The first-order chi connectivity index (χ1) is 12.2. The van der Waals surface area contributed by atoms with Crippen LogP contribution in [0.25, 0.3) is 0 Å². The number of ether oxygens (including phenoxy) is 1. The van der Waals surface area contributed by atoms with E-state index in [1.54, 1.807) is 6.92 Å². The molecule has 0 bridgehead atoms. The predicted octanol–water partition coefficient (Wildman–Crippen LogP) is 2.09. The summed E-state index contributed by atoms with van der Waals surface area (Å²) in [5.74, 6) is -1.45.